The SMILES string of the molecule is Cl.Clc1cc(CN2CCCNCC2)ccc1Br. The second kappa shape index (κ2) is 7.59. The van der Waals surface area contributed by atoms with Crippen LogP contribution in [-0.4, -0.2) is 31.1 Å². The molecule has 1 heterocycles. The molecule has 2 nitrogen and oxygen atoms in total. The van der Waals surface area contributed by atoms with E-state index in [9.17, 15) is 0 Å². The van der Waals surface area contributed by atoms with Crippen molar-refractivity contribution in [3.8, 4) is 0 Å². The van der Waals surface area contributed by atoms with E-state index in [-0.39, 0.29) is 12.4 Å². The molecule has 0 amide bonds. The summed E-state index contributed by atoms with van der Waals surface area (Å²) in [7, 11) is 0. The molecule has 0 radical (unpaired) electrons. The Hall–Kier alpha value is 0.200. The third-order valence-corrected chi connectivity index (χ3v) is 4.06. The van der Waals surface area contributed by atoms with Crippen molar-refractivity contribution in [3.63, 3.8) is 0 Å². The van der Waals surface area contributed by atoms with E-state index in [1.54, 1.807) is 0 Å². The summed E-state index contributed by atoms with van der Waals surface area (Å²) in [6, 6.07) is 6.20. The van der Waals surface area contributed by atoms with Crippen molar-refractivity contribution in [2.75, 3.05) is 26.2 Å². The van der Waals surface area contributed by atoms with Crippen LogP contribution >= 0.6 is 39.9 Å². The zero-order valence-corrected chi connectivity index (χ0v) is 12.7. The summed E-state index contributed by atoms with van der Waals surface area (Å²) in [5.41, 5.74) is 1.29. The third kappa shape index (κ3) is 4.76. The van der Waals surface area contributed by atoms with Gasteiger partial charge in [0, 0.05) is 24.1 Å². The van der Waals surface area contributed by atoms with Crippen LogP contribution in [0.3, 0.4) is 0 Å². The zero-order chi connectivity index (χ0) is 11.4. The van der Waals surface area contributed by atoms with E-state index in [0.717, 1.165) is 35.7 Å². The first-order valence-electron chi connectivity index (χ1n) is 5.63. The fraction of sp³-hybridized carbons (Fsp3) is 0.500. The maximum Gasteiger partial charge on any atom is 0.0551 e. The number of halogens is 3. The summed E-state index contributed by atoms with van der Waals surface area (Å²) in [5, 5.41) is 4.20. The van der Waals surface area contributed by atoms with Crippen LogP contribution in [0.5, 0.6) is 0 Å². The second-order valence-electron chi connectivity index (χ2n) is 4.13. The highest BCUT2D eigenvalue weighted by Gasteiger charge is 2.09. The molecule has 1 aromatic rings. The van der Waals surface area contributed by atoms with E-state index >= 15 is 0 Å². The number of rotatable bonds is 2. The van der Waals surface area contributed by atoms with Gasteiger partial charge in [0.2, 0.25) is 0 Å². The van der Waals surface area contributed by atoms with Crippen LogP contribution in [0.1, 0.15) is 12.0 Å². The van der Waals surface area contributed by atoms with E-state index < -0.39 is 0 Å². The highest BCUT2D eigenvalue weighted by atomic mass is 79.9. The molecule has 1 aliphatic rings. The van der Waals surface area contributed by atoms with Crippen LogP contribution in [0, 0.1) is 0 Å². The van der Waals surface area contributed by atoms with Crippen LogP contribution in [0.2, 0.25) is 5.02 Å². The quantitative estimate of drug-likeness (QED) is 0.889. The van der Waals surface area contributed by atoms with Gasteiger partial charge in [-0.3, -0.25) is 4.90 Å². The summed E-state index contributed by atoms with van der Waals surface area (Å²) in [6.45, 7) is 5.50. The van der Waals surface area contributed by atoms with Gasteiger partial charge in [0.15, 0.2) is 0 Å². The molecule has 0 atom stereocenters. The molecule has 0 saturated carbocycles. The van der Waals surface area contributed by atoms with Gasteiger partial charge in [-0.25, -0.2) is 0 Å². The van der Waals surface area contributed by atoms with Gasteiger partial charge in [-0.2, -0.15) is 0 Å². The minimum atomic E-state index is 0. The smallest absolute Gasteiger partial charge is 0.0551 e. The lowest BCUT2D eigenvalue weighted by Crippen LogP contribution is -2.27. The number of benzene rings is 1. The Morgan fingerprint density at radius 2 is 2.12 bits per heavy atom. The molecule has 1 aliphatic heterocycles. The summed E-state index contributed by atoms with van der Waals surface area (Å²) < 4.78 is 0.968. The van der Waals surface area contributed by atoms with Gasteiger partial charge in [-0.05, 0) is 53.1 Å². The highest BCUT2D eigenvalue weighted by molar-refractivity contribution is 9.10. The third-order valence-electron chi connectivity index (χ3n) is 2.82. The van der Waals surface area contributed by atoms with E-state index in [2.05, 4.69) is 32.2 Å². The predicted octanol–water partition coefficient (Wildman–Crippen LogP) is 3.32. The summed E-state index contributed by atoms with van der Waals surface area (Å²) in [4.78, 5) is 2.47. The van der Waals surface area contributed by atoms with Crippen LogP contribution < -0.4 is 5.32 Å². The van der Waals surface area contributed by atoms with E-state index in [0.29, 0.717) is 0 Å². The molecular formula is C12H17BrCl2N2. The fourth-order valence-electron chi connectivity index (χ4n) is 1.96. The Labute approximate surface area is 122 Å². The molecule has 0 spiro atoms. The molecule has 2 rings (SSSR count). The molecule has 0 aromatic heterocycles. The minimum Gasteiger partial charge on any atom is -0.315 e. The molecule has 96 valence electrons. The van der Waals surface area contributed by atoms with Gasteiger partial charge < -0.3 is 5.32 Å². The Bertz CT molecular complexity index is 352. The first-order chi connectivity index (χ1) is 7.75. The lowest BCUT2D eigenvalue weighted by Gasteiger charge is -2.19. The monoisotopic (exact) mass is 338 g/mol. The molecule has 0 bridgehead atoms. The van der Waals surface area contributed by atoms with Crippen LogP contribution in [0.25, 0.3) is 0 Å². The average Bonchev–Trinajstić information content (AvgIpc) is 2.52. The number of hydrogen-bond donors (Lipinski definition) is 1. The maximum absolute atomic E-state index is 6.09. The molecule has 0 unspecified atom stereocenters. The van der Waals surface area contributed by atoms with Crippen molar-refractivity contribution in [2.45, 2.75) is 13.0 Å². The van der Waals surface area contributed by atoms with Gasteiger partial charge in [0.25, 0.3) is 0 Å². The van der Waals surface area contributed by atoms with Crippen molar-refractivity contribution in [2.24, 2.45) is 0 Å². The van der Waals surface area contributed by atoms with E-state index in [4.69, 9.17) is 11.6 Å². The molecule has 1 saturated heterocycles. The molecule has 0 aliphatic carbocycles. The van der Waals surface area contributed by atoms with Gasteiger partial charge in [-0.15, -0.1) is 12.4 Å². The number of nitrogens with one attached hydrogen (secondary N) is 1. The zero-order valence-electron chi connectivity index (χ0n) is 9.59. The standard InChI is InChI=1S/C12H16BrClN2.ClH/c13-11-3-2-10(8-12(11)14)9-16-6-1-4-15-5-7-16;/h2-3,8,15H,1,4-7,9H2;1H. The number of hydrogen-bond acceptors (Lipinski definition) is 2. The van der Waals surface area contributed by atoms with Crippen molar-refractivity contribution in [1.29, 1.82) is 0 Å². The topological polar surface area (TPSA) is 15.3 Å². The average molecular weight is 340 g/mol. The van der Waals surface area contributed by atoms with Crippen LogP contribution in [0.15, 0.2) is 22.7 Å². The van der Waals surface area contributed by atoms with Crippen molar-refractivity contribution < 1.29 is 0 Å². The van der Waals surface area contributed by atoms with Gasteiger partial charge >= 0.3 is 0 Å². The van der Waals surface area contributed by atoms with Gasteiger partial charge in [0.1, 0.15) is 0 Å². The minimum absolute atomic E-state index is 0. The fourth-order valence-corrected chi connectivity index (χ4v) is 2.41. The normalized spacial score (nSPS) is 17.3. The molecular weight excluding hydrogens is 323 g/mol. The predicted molar refractivity (Wildman–Crippen MR) is 79.2 cm³/mol. The number of nitrogens with zero attached hydrogens (tertiary/aromatic N) is 1. The molecule has 1 aromatic carbocycles. The maximum atomic E-state index is 6.09. The van der Waals surface area contributed by atoms with Crippen molar-refractivity contribution >= 4 is 39.9 Å². The summed E-state index contributed by atoms with van der Waals surface area (Å²) in [5.74, 6) is 0. The lowest BCUT2D eigenvalue weighted by molar-refractivity contribution is 0.284. The Kier molecular flexibility index (Phi) is 6.82. The Morgan fingerprint density at radius 3 is 2.88 bits per heavy atom. The van der Waals surface area contributed by atoms with Crippen LogP contribution in [0.4, 0.5) is 0 Å². The first-order valence-corrected chi connectivity index (χ1v) is 6.80. The molecule has 17 heavy (non-hydrogen) atoms. The van der Waals surface area contributed by atoms with E-state index in [1.807, 2.05) is 12.1 Å². The first kappa shape index (κ1) is 15.3. The van der Waals surface area contributed by atoms with Crippen molar-refractivity contribution in [1.82, 2.24) is 10.2 Å². The largest absolute Gasteiger partial charge is 0.315 e. The van der Waals surface area contributed by atoms with E-state index in [1.165, 1.54) is 18.5 Å². The lowest BCUT2D eigenvalue weighted by atomic mass is 10.2. The van der Waals surface area contributed by atoms with Crippen molar-refractivity contribution in [3.05, 3.63) is 33.3 Å². The Balaban J connectivity index is 0.00000144. The highest BCUT2D eigenvalue weighted by Crippen LogP contribution is 2.23. The van der Waals surface area contributed by atoms with Gasteiger partial charge in [0.05, 0.1) is 5.02 Å². The molecule has 1 N–H and O–H groups in total. The Morgan fingerprint density at radius 1 is 1.29 bits per heavy atom. The summed E-state index contributed by atoms with van der Waals surface area (Å²) in [6.07, 6.45) is 1.23. The second-order valence-corrected chi connectivity index (χ2v) is 5.39. The van der Waals surface area contributed by atoms with Crippen LogP contribution in [-0.2, 0) is 6.54 Å². The van der Waals surface area contributed by atoms with Gasteiger partial charge in [-0.1, -0.05) is 17.7 Å². The molecule has 1 fully saturated rings. The molecule has 5 heteroatoms. The summed E-state index contributed by atoms with van der Waals surface area (Å²) >= 11 is 9.50.